The van der Waals surface area contributed by atoms with Crippen molar-refractivity contribution in [2.24, 2.45) is 34.5 Å². The number of unbranched alkanes of at least 4 members (excludes halogenated alkanes) is 1. The average Bonchev–Trinajstić information content (AvgIpc) is 2.85. The molecule has 0 aliphatic heterocycles. The Balaban J connectivity index is 0.722. The van der Waals surface area contributed by atoms with Gasteiger partial charge < -0.3 is 21.3 Å². The Hall–Kier alpha value is -0.180. The Kier molecular flexibility index (Phi) is 10.0. The number of halogens is 2. The molecule has 4 N–H and O–H groups in total. The molecule has 6 nitrogen and oxygen atoms in total. The Labute approximate surface area is 271 Å². The Bertz CT molecular complexity index is 871. The van der Waals surface area contributed by atoms with E-state index in [-0.39, 0.29) is 22.6 Å². The lowest BCUT2D eigenvalue weighted by Gasteiger charge is -2.60. The van der Waals surface area contributed by atoms with Crippen molar-refractivity contribution in [1.82, 2.24) is 21.3 Å². The zero-order valence-electron chi connectivity index (χ0n) is 25.9. The van der Waals surface area contributed by atoms with Crippen molar-refractivity contribution in [3.63, 3.8) is 0 Å². The third-order valence-electron chi connectivity index (χ3n) is 12.0. The van der Waals surface area contributed by atoms with Gasteiger partial charge in [0.15, 0.2) is 0 Å². The van der Waals surface area contributed by atoms with E-state index < -0.39 is 0 Å². The summed E-state index contributed by atoms with van der Waals surface area (Å²) in [4.78, 5) is 25.5. The van der Waals surface area contributed by atoms with E-state index in [9.17, 15) is 9.59 Å². The second kappa shape index (κ2) is 13.3. The smallest absolute Gasteiger partial charge is 0.220 e. The SMILES string of the molecule is O=C(CC12C[C@@H]3C[C@@H](CC(Br)(C3)C1)C2)NCCCNCCCCNCCCNC(=O)CC12C[C@@H]3C[C@@H](CC(Br)(C3)C1)C2. The van der Waals surface area contributed by atoms with Crippen molar-refractivity contribution in [1.29, 1.82) is 0 Å². The van der Waals surface area contributed by atoms with Crippen LogP contribution in [0.25, 0.3) is 0 Å². The maximum Gasteiger partial charge on any atom is 0.220 e. The van der Waals surface area contributed by atoms with Crippen LogP contribution in [0.15, 0.2) is 0 Å². The molecule has 8 rings (SSSR count). The van der Waals surface area contributed by atoms with Crippen LogP contribution in [0.4, 0.5) is 0 Å². The molecule has 8 fully saturated rings. The quantitative estimate of drug-likeness (QED) is 0.107. The molecule has 0 aromatic carbocycles. The maximum absolute atomic E-state index is 12.7. The molecule has 0 aromatic heterocycles. The molecule has 8 atom stereocenters. The molecule has 8 heteroatoms. The highest BCUT2D eigenvalue weighted by Crippen LogP contribution is 2.66. The summed E-state index contributed by atoms with van der Waals surface area (Å²) >= 11 is 8.14. The summed E-state index contributed by atoms with van der Waals surface area (Å²) in [6.07, 6.45) is 21.4. The first-order valence-corrected chi connectivity index (χ1v) is 19.0. The highest BCUT2D eigenvalue weighted by molar-refractivity contribution is 9.10. The van der Waals surface area contributed by atoms with Gasteiger partial charge in [0.05, 0.1) is 0 Å². The molecule has 0 radical (unpaired) electrons. The minimum atomic E-state index is 0.267. The monoisotopic (exact) mass is 710 g/mol. The molecule has 8 aliphatic rings. The summed E-state index contributed by atoms with van der Waals surface area (Å²) < 4.78 is 0.665. The highest BCUT2D eigenvalue weighted by Gasteiger charge is 2.58. The van der Waals surface area contributed by atoms with Gasteiger partial charge >= 0.3 is 0 Å². The van der Waals surface area contributed by atoms with Gasteiger partial charge in [0.1, 0.15) is 0 Å². The largest absolute Gasteiger partial charge is 0.356 e. The van der Waals surface area contributed by atoms with Gasteiger partial charge in [-0.2, -0.15) is 0 Å². The van der Waals surface area contributed by atoms with E-state index in [0.717, 1.165) is 101 Å². The molecule has 0 aromatic rings. The summed E-state index contributed by atoms with van der Waals surface area (Å²) in [5, 5.41) is 13.5. The molecule has 0 spiro atoms. The third-order valence-corrected chi connectivity index (χ3v) is 13.8. The lowest BCUT2D eigenvalue weighted by atomic mass is 9.48. The topological polar surface area (TPSA) is 82.3 Å². The molecule has 42 heavy (non-hydrogen) atoms. The van der Waals surface area contributed by atoms with Crippen LogP contribution in [0.1, 0.15) is 116 Å². The van der Waals surface area contributed by atoms with Crippen molar-refractivity contribution in [3.8, 4) is 0 Å². The lowest BCUT2D eigenvalue weighted by Crippen LogP contribution is -2.54. The number of carbonyl (C=O) groups is 2. The van der Waals surface area contributed by atoms with Gasteiger partial charge in [-0.3, -0.25) is 9.59 Å². The summed E-state index contributed by atoms with van der Waals surface area (Å²) in [5.74, 6) is 3.91. The number of hydrogen-bond donors (Lipinski definition) is 4. The van der Waals surface area contributed by atoms with Gasteiger partial charge in [-0.15, -0.1) is 0 Å². The predicted molar refractivity (Wildman–Crippen MR) is 177 cm³/mol. The fourth-order valence-corrected chi connectivity index (χ4v) is 14.5. The molecular formula is C34H56Br2N4O2. The molecule has 8 aliphatic carbocycles. The Morgan fingerprint density at radius 1 is 0.524 bits per heavy atom. The van der Waals surface area contributed by atoms with Crippen LogP contribution in [0.3, 0.4) is 0 Å². The second-order valence-electron chi connectivity index (χ2n) is 16.2. The Morgan fingerprint density at radius 2 is 0.881 bits per heavy atom. The van der Waals surface area contributed by atoms with E-state index in [2.05, 4.69) is 53.1 Å². The van der Waals surface area contributed by atoms with Crippen molar-refractivity contribution >= 4 is 43.7 Å². The van der Waals surface area contributed by atoms with Crippen molar-refractivity contribution < 1.29 is 9.59 Å². The minimum absolute atomic E-state index is 0.267. The minimum Gasteiger partial charge on any atom is -0.356 e. The molecule has 4 unspecified atom stereocenters. The zero-order chi connectivity index (χ0) is 29.3. The van der Waals surface area contributed by atoms with Gasteiger partial charge in [0.2, 0.25) is 11.8 Å². The average molecular weight is 713 g/mol. The van der Waals surface area contributed by atoms with Gasteiger partial charge in [-0.25, -0.2) is 0 Å². The molecule has 8 bridgehead atoms. The summed E-state index contributed by atoms with van der Waals surface area (Å²) in [5.41, 5.74) is 0.534. The first-order valence-electron chi connectivity index (χ1n) is 17.5. The number of carbonyl (C=O) groups excluding carboxylic acids is 2. The first-order chi connectivity index (χ1) is 20.1. The highest BCUT2D eigenvalue weighted by atomic mass is 79.9. The molecule has 0 saturated heterocycles. The number of rotatable bonds is 17. The van der Waals surface area contributed by atoms with Gasteiger partial charge in [-0.05, 0) is 163 Å². The summed E-state index contributed by atoms with van der Waals surface area (Å²) in [7, 11) is 0. The van der Waals surface area contributed by atoms with E-state index in [4.69, 9.17) is 0 Å². The van der Waals surface area contributed by atoms with Crippen LogP contribution < -0.4 is 21.3 Å². The summed E-state index contributed by atoms with van der Waals surface area (Å²) in [6, 6.07) is 0. The van der Waals surface area contributed by atoms with E-state index >= 15 is 0 Å². The molecule has 8 saturated carbocycles. The Morgan fingerprint density at radius 3 is 1.24 bits per heavy atom. The fraction of sp³-hybridized carbons (Fsp3) is 0.941. The van der Waals surface area contributed by atoms with E-state index in [1.807, 2.05) is 0 Å². The van der Waals surface area contributed by atoms with Gasteiger partial charge in [0.25, 0.3) is 0 Å². The van der Waals surface area contributed by atoms with Crippen LogP contribution in [-0.2, 0) is 9.59 Å². The third kappa shape index (κ3) is 7.96. The molecule has 2 amide bonds. The lowest BCUT2D eigenvalue weighted by molar-refractivity contribution is -0.129. The molecule has 0 heterocycles. The van der Waals surface area contributed by atoms with Gasteiger partial charge in [-0.1, -0.05) is 31.9 Å². The van der Waals surface area contributed by atoms with Crippen molar-refractivity contribution in [2.45, 2.75) is 124 Å². The number of hydrogen-bond acceptors (Lipinski definition) is 4. The molecular weight excluding hydrogens is 656 g/mol. The summed E-state index contributed by atoms with van der Waals surface area (Å²) in [6.45, 7) is 5.56. The number of amides is 2. The normalized spacial score (nSPS) is 40.9. The van der Waals surface area contributed by atoms with Crippen LogP contribution in [0, 0.1) is 34.5 Å². The maximum atomic E-state index is 12.7. The van der Waals surface area contributed by atoms with Gasteiger partial charge in [0, 0.05) is 34.6 Å². The van der Waals surface area contributed by atoms with Crippen molar-refractivity contribution in [3.05, 3.63) is 0 Å². The standard InChI is InChI=1S/C34H56Br2N4O2/c35-33-17-25-11-26(18-33)14-31(13-25,23-33)21-29(41)39-9-3-7-37-5-1-2-6-38-8-4-10-40-30(42)22-32-15-27-12-28(16-32)20-34(36,19-27)24-32/h25-28,37-38H,1-24H2,(H,39,41)(H,40,42)/t25-,26+,27-,28+,31?,32?,33?,34?. The zero-order valence-corrected chi connectivity index (χ0v) is 29.0. The first kappa shape index (κ1) is 31.8. The second-order valence-corrected chi connectivity index (χ2v) is 19.6. The fourth-order valence-electron chi connectivity index (χ4n) is 11.5. The number of nitrogens with one attached hydrogen (secondary N) is 4. The van der Waals surface area contributed by atoms with Crippen molar-refractivity contribution in [2.75, 3.05) is 39.3 Å². The van der Waals surface area contributed by atoms with E-state index in [0.29, 0.717) is 8.65 Å². The van der Waals surface area contributed by atoms with Crippen LogP contribution in [-0.4, -0.2) is 59.7 Å². The van der Waals surface area contributed by atoms with Crippen LogP contribution >= 0.6 is 31.9 Å². The predicted octanol–water partition coefficient (Wildman–Crippen LogP) is 6.21. The number of alkyl halides is 2. The molecule has 238 valence electrons. The van der Waals surface area contributed by atoms with E-state index in [1.165, 1.54) is 77.0 Å². The van der Waals surface area contributed by atoms with Crippen LogP contribution in [0.5, 0.6) is 0 Å². The van der Waals surface area contributed by atoms with E-state index in [1.54, 1.807) is 0 Å². The van der Waals surface area contributed by atoms with Crippen LogP contribution in [0.2, 0.25) is 0 Å².